The molecule has 2 bridgehead atoms. The van der Waals surface area contributed by atoms with Gasteiger partial charge < -0.3 is 14.2 Å². The summed E-state index contributed by atoms with van der Waals surface area (Å²) in [6.45, 7) is 1.76. The summed E-state index contributed by atoms with van der Waals surface area (Å²) in [4.78, 5) is 20.8. The number of imidazole rings is 1. The quantitative estimate of drug-likeness (QED) is 0.220. The molecule has 9 heteroatoms. The maximum atomic E-state index is 16.6. The zero-order valence-corrected chi connectivity index (χ0v) is 23.1. The second-order valence-corrected chi connectivity index (χ2v) is 11.6. The number of nitrogens with zero attached hydrogens (tertiary/aromatic N) is 6. The Labute approximate surface area is 240 Å². The lowest BCUT2D eigenvalue weighted by molar-refractivity contribution is 0.414. The predicted molar refractivity (Wildman–Crippen MR) is 159 cm³/mol. The van der Waals surface area contributed by atoms with Crippen LogP contribution < -0.4 is 9.64 Å². The third kappa shape index (κ3) is 4.08. The normalized spacial score (nSPS) is 18.6. The number of anilines is 1. The van der Waals surface area contributed by atoms with Gasteiger partial charge in [0.2, 0.25) is 0 Å². The molecule has 2 atom stereocenters. The van der Waals surface area contributed by atoms with Gasteiger partial charge >= 0.3 is 6.01 Å². The summed E-state index contributed by atoms with van der Waals surface area (Å²) in [6.07, 6.45) is 7.13. The average molecular weight is 565 g/mol. The molecule has 1 aliphatic carbocycles. The largest absolute Gasteiger partial charge is 0.424 e. The van der Waals surface area contributed by atoms with E-state index in [0.29, 0.717) is 39.4 Å². The molecule has 6 aromatic rings. The first-order chi connectivity index (χ1) is 20.0. The number of hydrogen-bond donors (Lipinski definition) is 0. The fraction of sp³-hybridized carbons (Fsp3) is 0.250. The molecule has 3 aromatic carbocycles. The van der Waals surface area contributed by atoms with Crippen LogP contribution in [0.4, 0.5) is 10.2 Å². The smallest absolute Gasteiger partial charge is 0.324 e. The molecule has 7 nitrogen and oxygen atoms in total. The number of rotatable bonds is 4. The highest BCUT2D eigenvalue weighted by molar-refractivity contribution is 6.36. The lowest BCUT2D eigenvalue weighted by atomic mass is 9.98. The van der Waals surface area contributed by atoms with Gasteiger partial charge in [0.25, 0.3) is 0 Å². The molecule has 0 radical (unpaired) electrons. The minimum Gasteiger partial charge on any atom is -0.424 e. The molecule has 0 amide bonds. The van der Waals surface area contributed by atoms with Crippen LogP contribution in [0.25, 0.3) is 44.0 Å². The van der Waals surface area contributed by atoms with Crippen LogP contribution in [0.3, 0.4) is 0 Å². The van der Waals surface area contributed by atoms with Gasteiger partial charge in [0.05, 0.1) is 22.7 Å². The van der Waals surface area contributed by atoms with Gasteiger partial charge in [0.15, 0.2) is 5.82 Å². The van der Waals surface area contributed by atoms with Crippen LogP contribution in [0.15, 0.2) is 67.1 Å². The van der Waals surface area contributed by atoms with E-state index in [1.54, 1.807) is 12.5 Å². The second-order valence-electron chi connectivity index (χ2n) is 11.2. The third-order valence-electron chi connectivity index (χ3n) is 8.57. The summed E-state index contributed by atoms with van der Waals surface area (Å²) in [6, 6.07) is 17.0. The first-order valence-electron chi connectivity index (χ1n) is 13.9. The fourth-order valence-corrected chi connectivity index (χ4v) is 6.93. The van der Waals surface area contributed by atoms with Crippen molar-refractivity contribution in [3.05, 3.63) is 78.0 Å². The Hall–Kier alpha value is -4.30. The number of ether oxygens (including phenoxy) is 1. The van der Waals surface area contributed by atoms with E-state index in [4.69, 9.17) is 21.3 Å². The lowest BCUT2D eigenvalue weighted by Crippen LogP contribution is -2.37. The average Bonchev–Trinajstić information content (AvgIpc) is 3.53. The van der Waals surface area contributed by atoms with E-state index in [-0.39, 0.29) is 17.2 Å². The van der Waals surface area contributed by atoms with Gasteiger partial charge in [-0.25, -0.2) is 9.37 Å². The summed E-state index contributed by atoms with van der Waals surface area (Å²) in [5.74, 6) is 1.93. The first-order valence-corrected chi connectivity index (χ1v) is 14.3. The molecule has 8 rings (SSSR count). The summed E-state index contributed by atoms with van der Waals surface area (Å²) in [5.41, 5.74) is 2.77. The van der Waals surface area contributed by atoms with Crippen molar-refractivity contribution < 1.29 is 9.13 Å². The lowest BCUT2D eigenvalue weighted by Gasteiger charge is -2.33. The van der Waals surface area contributed by atoms with Gasteiger partial charge in [-0.1, -0.05) is 41.9 Å². The van der Waals surface area contributed by atoms with Crippen LogP contribution >= 0.6 is 11.6 Å². The Balaban J connectivity index is 1.31. The minimum absolute atomic E-state index is 0.0962. The molecule has 41 heavy (non-hydrogen) atoms. The van der Waals surface area contributed by atoms with E-state index in [0.717, 1.165) is 34.9 Å². The fourth-order valence-electron chi connectivity index (χ4n) is 6.64. The number of benzene rings is 3. The summed E-state index contributed by atoms with van der Waals surface area (Å²) in [5, 5.41) is 2.79. The maximum absolute atomic E-state index is 16.6. The van der Waals surface area contributed by atoms with E-state index in [1.807, 2.05) is 66.2 Å². The zero-order chi connectivity index (χ0) is 27.7. The van der Waals surface area contributed by atoms with Crippen LogP contribution in [0.1, 0.15) is 19.3 Å². The van der Waals surface area contributed by atoms with E-state index in [9.17, 15) is 0 Å². The van der Waals surface area contributed by atoms with E-state index in [1.165, 1.54) is 19.3 Å². The van der Waals surface area contributed by atoms with Crippen LogP contribution in [0.5, 0.6) is 11.8 Å². The Morgan fingerprint density at radius 3 is 2.61 bits per heavy atom. The van der Waals surface area contributed by atoms with Crippen molar-refractivity contribution >= 4 is 50.1 Å². The molecule has 2 aliphatic rings. The predicted octanol–water partition coefficient (Wildman–Crippen LogP) is 7.55. The monoisotopic (exact) mass is 564 g/mol. The highest BCUT2D eigenvalue weighted by atomic mass is 35.5. The third-order valence-corrected chi connectivity index (χ3v) is 8.88. The summed E-state index contributed by atoms with van der Waals surface area (Å²) >= 11 is 6.59. The van der Waals surface area contributed by atoms with Crippen LogP contribution in [0, 0.1) is 17.7 Å². The van der Waals surface area contributed by atoms with Crippen molar-refractivity contribution in [1.29, 1.82) is 0 Å². The molecular weight excluding hydrogens is 539 g/mol. The minimum atomic E-state index is -0.523. The number of hydrogen-bond acceptors (Lipinski definition) is 6. The van der Waals surface area contributed by atoms with Crippen LogP contribution in [-0.2, 0) is 7.05 Å². The number of aryl methyl sites for hydroxylation is 1. The Morgan fingerprint density at radius 2 is 1.78 bits per heavy atom. The Kier molecular flexibility index (Phi) is 5.60. The molecule has 2 unspecified atom stereocenters. The molecule has 0 spiro atoms. The molecule has 1 saturated heterocycles. The number of pyridine rings is 1. The van der Waals surface area contributed by atoms with Crippen molar-refractivity contribution in [2.45, 2.75) is 19.3 Å². The second kappa shape index (κ2) is 9.38. The van der Waals surface area contributed by atoms with Crippen LogP contribution in [-0.4, -0.2) is 37.6 Å². The zero-order valence-electron chi connectivity index (χ0n) is 22.4. The van der Waals surface area contributed by atoms with Gasteiger partial charge in [-0.2, -0.15) is 9.97 Å². The van der Waals surface area contributed by atoms with Crippen molar-refractivity contribution in [3.8, 4) is 23.0 Å². The van der Waals surface area contributed by atoms with E-state index < -0.39 is 5.82 Å². The van der Waals surface area contributed by atoms with Crippen molar-refractivity contribution in [1.82, 2.24) is 24.5 Å². The molecule has 4 heterocycles. The molecule has 1 aliphatic heterocycles. The van der Waals surface area contributed by atoms with Crippen molar-refractivity contribution in [3.63, 3.8) is 0 Å². The van der Waals surface area contributed by atoms with Gasteiger partial charge in [-0.05, 0) is 54.7 Å². The molecule has 204 valence electrons. The van der Waals surface area contributed by atoms with Crippen molar-refractivity contribution in [2.75, 3.05) is 18.0 Å². The van der Waals surface area contributed by atoms with E-state index in [2.05, 4.69) is 19.9 Å². The maximum Gasteiger partial charge on any atom is 0.324 e. The van der Waals surface area contributed by atoms with Gasteiger partial charge in [0.1, 0.15) is 22.8 Å². The van der Waals surface area contributed by atoms with E-state index >= 15 is 4.39 Å². The van der Waals surface area contributed by atoms with Gasteiger partial charge in [-0.3, -0.25) is 4.98 Å². The topological polar surface area (TPSA) is 69.0 Å². The van der Waals surface area contributed by atoms with Crippen molar-refractivity contribution in [2.24, 2.45) is 18.9 Å². The highest BCUT2D eigenvalue weighted by Crippen LogP contribution is 2.41. The molecule has 0 N–H and O–H groups in total. The molecule has 2 fully saturated rings. The SMILES string of the molecule is Cn1cnc2ccc(Oc3nc(N4CC5CCC(C5)C4)c4cnc(-c5cccc6cccc(Cl)c56)c(F)c4n3)cc21. The molecule has 3 aromatic heterocycles. The molecular formula is C32H26ClFN6O. The highest BCUT2D eigenvalue weighted by Gasteiger charge is 2.35. The van der Waals surface area contributed by atoms with Crippen LogP contribution in [0.2, 0.25) is 5.02 Å². The number of aromatic nitrogens is 5. The summed E-state index contributed by atoms with van der Waals surface area (Å²) < 4.78 is 24.7. The number of fused-ring (bicyclic) bond motifs is 5. The van der Waals surface area contributed by atoms with Gasteiger partial charge in [0, 0.05) is 48.4 Å². The summed E-state index contributed by atoms with van der Waals surface area (Å²) in [7, 11) is 1.93. The Bertz CT molecular complexity index is 1970. The van der Waals surface area contributed by atoms with Gasteiger partial charge in [-0.15, -0.1) is 0 Å². The number of piperidine rings is 1. The Morgan fingerprint density at radius 1 is 0.976 bits per heavy atom. The standard InChI is InChI=1S/C32H26ClFN6O/c1-39-17-36-25-11-10-21(13-26(25)39)41-32-37-30-23(31(38-32)40-15-18-8-9-19(12-18)16-40)14-35-29(28(30)34)22-6-2-4-20-5-3-7-24(33)27(20)22/h2-7,10-11,13-14,17-19H,8-9,12,15-16H2,1H3. The molecule has 1 saturated carbocycles. The first kappa shape index (κ1) is 24.5. The number of halogens is 2.